The highest BCUT2D eigenvalue weighted by atomic mass is 16.5. The fourth-order valence-corrected chi connectivity index (χ4v) is 3.63. The van der Waals surface area contributed by atoms with E-state index < -0.39 is 6.04 Å². The van der Waals surface area contributed by atoms with Crippen LogP contribution in [0.4, 0.5) is 0 Å². The molecule has 0 saturated carbocycles. The van der Waals surface area contributed by atoms with Gasteiger partial charge in [0.1, 0.15) is 11.7 Å². The van der Waals surface area contributed by atoms with Gasteiger partial charge in [-0.05, 0) is 33.6 Å². The molecule has 1 aromatic rings. The second-order valence-electron chi connectivity index (χ2n) is 6.93. The van der Waals surface area contributed by atoms with Crippen molar-refractivity contribution in [3.8, 4) is 0 Å². The Morgan fingerprint density at radius 1 is 1.04 bits per heavy atom. The van der Waals surface area contributed by atoms with Crippen molar-refractivity contribution in [2.24, 2.45) is 0 Å². The van der Waals surface area contributed by atoms with E-state index >= 15 is 0 Å². The Kier molecular flexibility index (Phi) is 5.03. The number of nitrogens with zero attached hydrogens (tertiary/aromatic N) is 4. The molecule has 2 amide bonds. The SMILES string of the molecule is CO[C@H]1C[C@@H](C(=O)N2CCCC2)N(C(=O)c2nc(C)c(C)nc2C)C1. The zero-order valence-corrected chi connectivity index (χ0v) is 15.4. The number of amides is 2. The smallest absolute Gasteiger partial charge is 0.275 e. The summed E-state index contributed by atoms with van der Waals surface area (Å²) >= 11 is 0. The Morgan fingerprint density at radius 3 is 2.32 bits per heavy atom. The molecule has 0 aliphatic carbocycles. The third-order valence-electron chi connectivity index (χ3n) is 5.24. The second-order valence-corrected chi connectivity index (χ2v) is 6.93. The van der Waals surface area contributed by atoms with Crippen LogP contribution in [-0.4, -0.2) is 70.5 Å². The maximum Gasteiger partial charge on any atom is 0.275 e. The Morgan fingerprint density at radius 2 is 1.68 bits per heavy atom. The topological polar surface area (TPSA) is 75.6 Å². The number of aryl methyl sites for hydroxylation is 3. The minimum atomic E-state index is -0.474. The van der Waals surface area contributed by atoms with E-state index in [1.54, 1.807) is 18.9 Å². The molecule has 2 saturated heterocycles. The molecule has 1 aromatic heterocycles. The van der Waals surface area contributed by atoms with Crippen LogP contribution in [0.1, 0.15) is 46.8 Å². The minimum absolute atomic E-state index is 0.0276. The quantitative estimate of drug-likeness (QED) is 0.823. The minimum Gasteiger partial charge on any atom is -0.380 e. The van der Waals surface area contributed by atoms with E-state index in [4.69, 9.17) is 4.74 Å². The van der Waals surface area contributed by atoms with Crippen LogP contribution in [0.2, 0.25) is 0 Å². The lowest BCUT2D eigenvalue weighted by atomic mass is 10.1. The van der Waals surface area contributed by atoms with Gasteiger partial charge in [0, 0.05) is 33.2 Å². The number of hydrogen-bond acceptors (Lipinski definition) is 5. The molecule has 3 heterocycles. The van der Waals surface area contributed by atoms with E-state index in [2.05, 4.69) is 9.97 Å². The van der Waals surface area contributed by atoms with E-state index in [0.29, 0.717) is 24.4 Å². The van der Waals surface area contributed by atoms with Gasteiger partial charge >= 0.3 is 0 Å². The lowest BCUT2D eigenvalue weighted by Gasteiger charge is -2.27. The first-order valence-corrected chi connectivity index (χ1v) is 8.86. The molecule has 0 radical (unpaired) electrons. The maximum absolute atomic E-state index is 13.1. The third kappa shape index (κ3) is 3.38. The summed E-state index contributed by atoms with van der Waals surface area (Å²) < 4.78 is 5.44. The van der Waals surface area contributed by atoms with Gasteiger partial charge in [0.15, 0.2) is 0 Å². The van der Waals surface area contributed by atoms with Crippen molar-refractivity contribution < 1.29 is 14.3 Å². The molecule has 0 aromatic carbocycles. The molecule has 0 spiro atoms. The number of rotatable bonds is 3. The summed E-state index contributed by atoms with van der Waals surface area (Å²) in [6, 6.07) is -0.474. The Hall–Kier alpha value is -2.02. The molecular weight excluding hydrogens is 320 g/mol. The van der Waals surface area contributed by atoms with Crippen LogP contribution in [-0.2, 0) is 9.53 Å². The van der Waals surface area contributed by atoms with E-state index in [9.17, 15) is 9.59 Å². The van der Waals surface area contributed by atoms with Gasteiger partial charge in [-0.3, -0.25) is 14.6 Å². The summed E-state index contributed by atoms with van der Waals surface area (Å²) in [4.78, 5) is 38.4. The van der Waals surface area contributed by atoms with Crippen molar-refractivity contribution in [2.45, 2.75) is 52.2 Å². The van der Waals surface area contributed by atoms with Crippen LogP contribution in [0.15, 0.2) is 0 Å². The monoisotopic (exact) mass is 346 g/mol. The molecule has 0 bridgehead atoms. The Balaban J connectivity index is 1.88. The number of methoxy groups -OCH3 is 1. The molecule has 2 fully saturated rings. The van der Waals surface area contributed by atoms with E-state index in [-0.39, 0.29) is 17.9 Å². The number of likely N-dealkylation sites (tertiary alicyclic amines) is 2. The van der Waals surface area contributed by atoms with Gasteiger partial charge in [-0.15, -0.1) is 0 Å². The first-order valence-electron chi connectivity index (χ1n) is 8.86. The first kappa shape index (κ1) is 17.8. The number of aromatic nitrogens is 2. The van der Waals surface area contributed by atoms with Gasteiger partial charge < -0.3 is 14.5 Å². The molecule has 2 atom stereocenters. The van der Waals surface area contributed by atoms with Gasteiger partial charge in [0.2, 0.25) is 5.91 Å². The third-order valence-corrected chi connectivity index (χ3v) is 5.24. The number of carbonyl (C=O) groups excluding carboxylic acids is 2. The molecule has 7 nitrogen and oxygen atoms in total. The van der Waals surface area contributed by atoms with Crippen LogP contribution in [0, 0.1) is 20.8 Å². The predicted octanol–water partition coefficient (Wildman–Crippen LogP) is 1.25. The molecule has 136 valence electrons. The van der Waals surface area contributed by atoms with E-state index in [1.165, 1.54) is 0 Å². The Bertz CT molecular complexity index is 685. The highest BCUT2D eigenvalue weighted by Gasteiger charge is 2.43. The first-order chi connectivity index (χ1) is 11.9. The number of ether oxygens (including phenoxy) is 1. The molecular formula is C18H26N4O3. The molecule has 2 aliphatic heterocycles. The Labute approximate surface area is 148 Å². The van der Waals surface area contributed by atoms with Gasteiger partial charge in [0.05, 0.1) is 23.2 Å². The summed E-state index contributed by atoms with van der Waals surface area (Å²) in [6.07, 6.45) is 2.47. The highest BCUT2D eigenvalue weighted by Crippen LogP contribution is 2.26. The van der Waals surface area contributed by atoms with Gasteiger partial charge in [-0.25, -0.2) is 4.98 Å². The molecule has 0 N–H and O–H groups in total. The number of hydrogen-bond donors (Lipinski definition) is 0. The standard InChI is InChI=1S/C18H26N4O3/c1-11-12(2)20-16(13(3)19-11)18(24)22-10-14(25-4)9-15(22)17(23)21-7-5-6-8-21/h14-15H,5-10H2,1-4H3/t14-,15-/m0/s1. The van der Waals surface area contributed by atoms with Crippen LogP contribution < -0.4 is 0 Å². The van der Waals surface area contributed by atoms with Gasteiger partial charge in [-0.1, -0.05) is 0 Å². The van der Waals surface area contributed by atoms with Crippen LogP contribution >= 0.6 is 0 Å². The predicted molar refractivity (Wildman–Crippen MR) is 92.3 cm³/mol. The fourth-order valence-electron chi connectivity index (χ4n) is 3.63. The van der Waals surface area contributed by atoms with Crippen LogP contribution in [0.3, 0.4) is 0 Å². The largest absolute Gasteiger partial charge is 0.380 e. The van der Waals surface area contributed by atoms with Crippen molar-refractivity contribution in [3.05, 3.63) is 22.8 Å². The van der Waals surface area contributed by atoms with E-state index in [1.807, 2.05) is 18.7 Å². The van der Waals surface area contributed by atoms with Crippen LogP contribution in [0.25, 0.3) is 0 Å². The molecule has 0 unspecified atom stereocenters. The summed E-state index contributed by atoms with van der Waals surface area (Å²) in [5.41, 5.74) is 2.48. The fraction of sp³-hybridized carbons (Fsp3) is 0.667. The normalized spacial score (nSPS) is 23.4. The summed E-state index contributed by atoms with van der Waals surface area (Å²) in [6.45, 7) is 7.46. The molecule has 25 heavy (non-hydrogen) atoms. The molecule has 3 rings (SSSR count). The van der Waals surface area contributed by atoms with Crippen molar-refractivity contribution in [1.29, 1.82) is 0 Å². The lowest BCUT2D eigenvalue weighted by Crippen LogP contribution is -2.47. The van der Waals surface area contributed by atoms with Gasteiger partial charge in [-0.2, -0.15) is 0 Å². The zero-order chi connectivity index (χ0) is 18.1. The van der Waals surface area contributed by atoms with Crippen LogP contribution in [0.5, 0.6) is 0 Å². The van der Waals surface area contributed by atoms with Crippen molar-refractivity contribution >= 4 is 11.8 Å². The number of carbonyl (C=O) groups is 2. The van der Waals surface area contributed by atoms with Crippen molar-refractivity contribution in [3.63, 3.8) is 0 Å². The molecule has 2 aliphatic rings. The summed E-state index contributed by atoms with van der Waals surface area (Å²) in [5, 5.41) is 0. The second kappa shape index (κ2) is 7.07. The van der Waals surface area contributed by atoms with E-state index in [0.717, 1.165) is 37.3 Å². The summed E-state index contributed by atoms with van der Waals surface area (Å²) in [7, 11) is 1.62. The summed E-state index contributed by atoms with van der Waals surface area (Å²) in [5.74, 6) is -0.204. The van der Waals surface area contributed by atoms with Gasteiger partial charge in [0.25, 0.3) is 5.91 Å². The van der Waals surface area contributed by atoms with Crippen molar-refractivity contribution in [1.82, 2.24) is 19.8 Å². The average Bonchev–Trinajstić information content (AvgIpc) is 3.26. The average molecular weight is 346 g/mol. The van der Waals surface area contributed by atoms with Crippen molar-refractivity contribution in [2.75, 3.05) is 26.7 Å². The lowest BCUT2D eigenvalue weighted by molar-refractivity contribution is -0.134. The molecule has 7 heteroatoms. The highest BCUT2D eigenvalue weighted by molar-refractivity contribution is 5.97. The maximum atomic E-state index is 13.1. The zero-order valence-electron chi connectivity index (χ0n) is 15.4.